The Morgan fingerprint density at radius 3 is 2.55 bits per heavy atom. The van der Waals surface area contributed by atoms with Crippen molar-refractivity contribution in [3.63, 3.8) is 0 Å². The van der Waals surface area contributed by atoms with Crippen LogP contribution < -0.4 is 10.3 Å². The Labute approximate surface area is 188 Å². The van der Waals surface area contributed by atoms with Crippen molar-refractivity contribution >= 4 is 23.4 Å². The van der Waals surface area contributed by atoms with Crippen molar-refractivity contribution in [3.05, 3.63) is 65.5 Å². The van der Waals surface area contributed by atoms with Crippen LogP contribution in [0.5, 0.6) is 0 Å². The number of anilines is 1. The Balaban J connectivity index is 1.51. The second-order valence-electron chi connectivity index (χ2n) is 7.83. The molecule has 1 saturated heterocycles. The van der Waals surface area contributed by atoms with Gasteiger partial charge in [0, 0.05) is 36.3 Å². The smallest absolute Gasteiger partial charge is 0.294 e. The largest absolute Gasteiger partial charge is 0.445 e. The fourth-order valence-corrected chi connectivity index (χ4v) is 3.70. The molecule has 0 aliphatic carbocycles. The lowest BCUT2D eigenvalue weighted by atomic mass is 9.97. The summed E-state index contributed by atoms with van der Waals surface area (Å²) in [6, 6.07) is 13.0. The number of hydrogen-bond acceptors (Lipinski definition) is 5. The Morgan fingerprint density at radius 1 is 1.21 bits per heavy atom. The zero-order valence-electron chi connectivity index (χ0n) is 17.9. The van der Waals surface area contributed by atoms with Crippen LogP contribution in [0.4, 0.5) is 18.9 Å². The second-order valence-corrected chi connectivity index (χ2v) is 7.83. The van der Waals surface area contributed by atoms with E-state index < -0.39 is 18.5 Å². The molecule has 0 bridgehead atoms. The Bertz CT molecular complexity index is 1060. The van der Waals surface area contributed by atoms with Crippen LogP contribution in [0.1, 0.15) is 24.5 Å². The number of nitrogens with one attached hydrogen (secondary N) is 1. The summed E-state index contributed by atoms with van der Waals surface area (Å²) < 4.78 is 45.4. The van der Waals surface area contributed by atoms with Gasteiger partial charge < -0.3 is 14.5 Å². The predicted molar refractivity (Wildman–Crippen MR) is 115 cm³/mol. The first-order chi connectivity index (χ1) is 15.9. The van der Waals surface area contributed by atoms with E-state index in [4.69, 9.17) is 4.74 Å². The van der Waals surface area contributed by atoms with Gasteiger partial charge in [-0.3, -0.25) is 15.0 Å². The topological polar surface area (TPSA) is 74.2 Å². The molecule has 33 heavy (non-hydrogen) atoms. The van der Waals surface area contributed by atoms with Crippen molar-refractivity contribution in [2.75, 3.05) is 18.0 Å². The summed E-state index contributed by atoms with van der Waals surface area (Å²) in [7, 11) is 0. The Morgan fingerprint density at radius 2 is 1.94 bits per heavy atom. The molecule has 0 radical (unpaired) electrons. The molecule has 0 spiro atoms. The molecule has 2 heterocycles. The maximum absolute atomic E-state index is 14.9. The van der Waals surface area contributed by atoms with Crippen LogP contribution in [-0.4, -0.2) is 48.4 Å². The van der Waals surface area contributed by atoms with E-state index >= 15 is 0 Å². The lowest BCUT2D eigenvalue weighted by Gasteiger charge is -2.40. The molecular weight excluding hydrogens is 437 g/mol. The minimum absolute atomic E-state index is 0.00689. The number of carbonyl (C=O) groups is 2. The number of alkyl halides is 2. The highest BCUT2D eigenvalue weighted by Crippen LogP contribution is 2.26. The molecule has 2 aromatic rings. The summed E-state index contributed by atoms with van der Waals surface area (Å²) >= 11 is 0. The van der Waals surface area contributed by atoms with Crippen LogP contribution in [0.15, 0.2) is 53.6 Å². The first kappa shape index (κ1) is 22.6. The minimum Gasteiger partial charge on any atom is -0.445 e. The molecule has 4 rings (SSSR count). The number of nitrogens with zero attached hydrogens (tertiary/aromatic N) is 3. The van der Waals surface area contributed by atoms with Crippen molar-refractivity contribution < 1.29 is 27.5 Å². The van der Waals surface area contributed by atoms with E-state index in [1.165, 1.54) is 17.0 Å². The molecule has 2 amide bonds. The van der Waals surface area contributed by atoms with Crippen molar-refractivity contribution in [1.29, 1.82) is 0 Å². The van der Waals surface area contributed by atoms with Gasteiger partial charge in [0.05, 0.1) is 12.5 Å². The summed E-state index contributed by atoms with van der Waals surface area (Å²) in [5.74, 6) is -1.31. The Hall–Kier alpha value is -3.56. The minimum atomic E-state index is -2.78. The SMILES string of the molecule is CCC(=O)N1CC(C(=O)N(Cc2ccc(C3=NNC(C(F)F)O3)cc2F)c2ccccc2)C1. The summed E-state index contributed by atoms with van der Waals surface area (Å²) in [4.78, 5) is 28.2. The molecule has 0 aromatic heterocycles. The number of likely N-dealkylation sites (tertiary alicyclic amines) is 1. The zero-order chi connectivity index (χ0) is 23.5. The predicted octanol–water partition coefficient (Wildman–Crippen LogP) is 3.10. The van der Waals surface area contributed by atoms with Gasteiger partial charge in [0.15, 0.2) is 0 Å². The quantitative estimate of drug-likeness (QED) is 0.689. The van der Waals surface area contributed by atoms with Crippen molar-refractivity contribution in [3.8, 4) is 0 Å². The number of amides is 2. The standard InChI is InChI=1S/C23H23F3N4O3/c1-2-19(31)29-11-16(12-29)23(32)30(17-6-4-3-5-7-17)13-15-9-8-14(10-18(15)24)21-27-28-22(33-21)20(25)26/h3-10,16,20,22,28H,2,11-13H2,1H3. The number of halogens is 3. The molecule has 1 N–H and O–H groups in total. The maximum Gasteiger partial charge on any atom is 0.294 e. The van der Waals surface area contributed by atoms with Crippen LogP contribution >= 0.6 is 0 Å². The number of ether oxygens (including phenoxy) is 1. The van der Waals surface area contributed by atoms with Gasteiger partial charge in [0.2, 0.25) is 23.9 Å². The van der Waals surface area contributed by atoms with Crippen LogP contribution in [0.25, 0.3) is 0 Å². The van der Waals surface area contributed by atoms with E-state index in [1.54, 1.807) is 36.1 Å². The molecule has 7 nitrogen and oxygen atoms in total. The van der Waals surface area contributed by atoms with Gasteiger partial charge >= 0.3 is 0 Å². The first-order valence-electron chi connectivity index (χ1n) is 10.6. The highest BCUT2D eigenvalue weighted by molar-refractivity contribution is 5.97. The molecule has 2 aliphatic heterocycles. The third-order valence-corrected chi connectivity index (χ3v) is 5.61. The van der Waals surface area contributed by atoms with Crippen molar-refractivity contribution in [2.24, 2.45) is 11.0 Å². The van der Waals surface area contributed by atoms with Gasteiger partial charge in [-0.25, -0.2) is 13.2 Å². The molecule has 1 unspecified atom stereocenters. The highest BCUT2D eigenvalue weighted by atomic mass is 19.3. The fraction of sp³-hybridized carbons (Fsp3) is 0.348. The van der Waals surface area contributed by atoms with E-state index in [-0.39, 0.29) is 41.3 Å². The number of benzene rings is 2. The van der Waals surface area contributed by atoms with Crippen molar-refractivity contribution in [1.82, 2.24) is 10.3 Å². The zero-order valence-corrected chi connectivity index (χ0v) is 17.9. The van der Waals surface area contributed by atoms with E-state index in [2.05, 4.69) is 10.5 Å². The van der Waals surface area contributed by atoms with Crippen molar-refractivity contribution in [2.45, 2.75) is 32.5 Å². The number of para-hydroxylation sites is 1. The van der Waals surface area contributed by atoms with Crippen LogP contribution in [-0.2, 0) is 20.9 Å². The molecule has 2 aliphatic rings. The number of carbonyl (C=O) groups excluding carboxylic acids is 2. The molecule has 10 heteroatoms. The maximum atomic E-state index is 14.9. The molecular formula is C23H23F3N4O3. The average molecular weight is 460 g/mol. The third-order valence-electron chi connectivity index (χ3n) is 5.61. The molecule has 1 atom stereocenters. The first-order valence-corrected chi connectivity index (χ1v) is 10.6. The Kier molecular flexibility index (Phi) is 6.52. The lowest BCUT2D eigenvalue weighted by Crippen LogP contribution is -2.56. The monoisotopic (exact) mass is 460 g/mol. The number of rotatable bonds is 7. The highest BCUT2D eigenvalue weighted by Gasteiger charge is 2.38. The van der Waals surface area contributed by atoms with E-state index in [1.807, 2.05) is 6.07 Å². The van der Waals surface area contributed by atoms with Gasteiger partial charge in [-0.2, -0.15) is 0 Å². The van der Waals surface area contributed by atoms with Crippen LogP contribution in [0.2, 0.25) is 0 Å². The van der Waals surface area contributed by atoms with Gasteiger partial charge in [0.1, 0.15) is 5.82 Å². The van der Waals surface area contributed by atoms with Gasteiger partial charge in [-0.05, 0) is 24.3 Å². The van der Waals surface area contributed by atoms with Gasteiger partial charge in [-0.15, -0.1) is 5.10 Å². The summed E-state index contributed by atoms with van der Waals surface area (Å²) in [5, 5.41) is 3.69. The third kappa shape index (κ3) is 4.79. The summed E-state index contributed by atoms with van der Waals surface area (Å²) in [6.45, 7) is 2.42. The number of hydrogen-bond donors (Lipinski definition) is 1. The summed E-state index contributed by atoms with van der Waals surface area (Å²) in [5.41, 5.74) is 3.22. The molecule has 174 valence electrons. The number of hydrazone groups is 1. The molecule has 0 saturated carbocycles. The normalized spacial score (nSPS) is 17.8. The van der Waals surface area contributed by atoms with Crippen LogP contribution in [0, 0.1) is 11.7 Å². The van der Waals surface area contributed by atoms with E-state index in [9.17, 15) is 22.8 Å². The molecule has 1 fully saturated rings. The molecule has 2 aromatic carbocycles. The van der Waals surface area contributed by atoms with E-state index in [0.29, 0.717) is 25.2 Å². The van der Waals surface area contributed by atoms with Crippen LogP contribution in [0.3, 0.4) is 0 Å². The summed E-state index contributed by atoms with van der Waals surface area (Å²) in [6.07, 6.45) is -3.98. The average Bonchev–Trinajstić information content (AvgIpc) is 3.28. The fourth-order valence-electron chi connectivity index (χ4n) is 3.70. The van der Waals surface area contributed by atoms with Gasteiger partial charge in [0.25, 0.3) is 6.43 Å². The van der Waals surface area contributed by atoms with Gasteiger partial charge in [-0.1, -0.05) is 31.2 Å². The second kappa shape index (κ2) is 9.51. The van der Waals surface area contributed by atoms with E-state index in [0.717, 1.165) is 6.07 Å². The lowest BCUT2D eigenvalue weighted by molar-refractivity contribution is -0.141.